The van der Waals surface area contributed by atoms with Crippen LogP contribution in [0.25, 0.3) is 17.0 Å². The Balaban J connectivity index is 2.09. The van der Waals surface area contributed by atoms with Crippen molar-refractivity contribution in [1.82, 2.24) is 20.2 Å². The first-order chi connectivity index (χ1) is 14.7. The van der Waals surface area contributed by atoms with E-state index < -0.39 is 11.7 Å². The second kappa shape index (κ2) is 9.16. The third-order valence-electron chi connectivity index (χ3n) is 4.77. The topological polar surface area (TPSA) is 53.4 Å². The molecule has 31 heavy (non-hydrogen) atoms. The van der Waals surface area contributed by atoms with Gasteiger partial charge < -0.3 is 10.2 Å². The number of aryl methyl sites for hydroxylation is 1. The van der Waals surface area contributed by atoms with Gasteiger partial charge in [-0.3, -0.25) is 15.0 Å². The average molecular weight is 427 g/mol. The molecule has 5 nitrogen and oxygen atoms in total. The van der Waals surface area contributed by atoms with Gasteiger partial charge in [-0.1, -0.05) is 19.6 Å². The summed E-state index contributed by atoms with van der Waals surface area (Å²) in [6, 6.07) is 3.78. The summed E-state index contributed by atoms with van der Waals surface area (Å²) in [5, 5.41) is 3.34. The van der Waals surface area contributed by atoms with Gasteiger partial charge in [0.1, 0.15) is 11.7 Å². The van der Waals surface area contributed by atoms with Gasteiger partial charge in [0.25, 0.3) is 0 Å². The predicted molar refractivity (Wildman–Crippen MR) is 117 cm³/mol. The van der Waals surface area contributed by atoms with E-state index >= 15 is 0 Å². The minimum atomic E-state index is -4.44. The third kappa shape index (κ3) is 5.02. The number of rotatable bonds is 5. The van der Waals surface area contributed by atoms with E-state index in [1.807, 2.05) is 31.0 Å². The molecule has 0 saturated heterocycles. The van der Waals surface area contributed by atoms with Crippen LogP contribution in [0.5, 0.6) is 0 Å². The highest BCUT2D eigenvalue weighted by atomic mass is 19.4. The lowest BCUT2D eigenvalue weighted by Gasteiger charge is -2.30. The van der Waals surface area contributed by atoms with Gasteiger partial charge in [-0.15, -0.1) is 0 Å². The van der Waals surface area contributed by atoms with Crippen LogP contribution in [0.3, 0.4) is 0 Å². The van der Waals surface area contributed by atoms with Crippen LogP contribution in [-0.4, -0.2) is 34.3 Å². The molecule has 0 atom stereocenters. The Morgan fingerprint density at radius 2 is 2.03 bits per heavy atom. The molecule has 0 fully saturated rings. The van der Waals surface area contributed by atoms with E-state index in [4.69, 9.17) is 0 Å². The van der Waals surface area contributed by atoms with Gasteiger partial charge in [0.05, 0.1) is 17.0 Å². The second-order valence-electron chi connectivity index (χ2n) is 7.05. The number of aliphatic imine (C=N–C) groups is 1. The number of alkyl halides is 3. The molecule has 0 radical (unpaired) electrons. The van der Waals surface area contributed by atoms with E-state index in [1.165, 1.54) is 6.20 Å². The number of pyridine rings is 2. The summed E-state index contributed by atoms with van der Waals surface area (Å²) in [4.78, 5) is 15.1. The fourth-order valence-corrected chi connectivity index (χ4v) is 3.11. The molecule has 1 aliphatic rings. The molecule has 0 amide bonds. The maximum atomic E-state index is 13.1. The van der Waals surface area contributed by atoms with Crippen molar-refractivity contribution < 1.29 is 13.2 Å². The Morgan fingerprint density at radius 3 is 2.71 bits per heavy atom. The highest BCUT2D eigenvalue weighted by Crippen LogP contribution is 2.32. The summed E-state index contributed by atoms with van der Waals surface area (Å²) in [6.45, 7) is 8.33. The smallest absolute Gasteiger partial charge is 0.341 e. The first-order valence-electron chi connectivity index (χ1n) is 9.84. The fourth-order valence-electron chi connectivity index (χ4n) is 3.11. The summed E-state index contributed by atoms with van der Waals surface area (Å²) in [5.74, 6) is 1.55. The Hall–Kier alpha value is -3.42. The molecule has 2 aromatic heterocycles. The van der Waals surface area contributed by atoms with Crippen molar-refractivity contribution in [3.05, 3.63) is 78.0 Å². The normalized spacial score (nSPS) is 17.0. The molecule has 1 N–H and O–H groups in total. The number of allylic oxidation sites excluding steroid dienone is 2. The van der Waals surface area contributed by atoms with Gasteiger partial charge in [0.15, 0.2) is 0 Å². The summed E-state index contributed by atoms with van der Waals surface area (Å²) >= 11 is 0. The van der Waals surface area contributed by atoms with Crippen molar-refractivity contribution in [3.63, 3.8) is 0 Å². The summed E-state index contributed by atoms with van der Waals surface area (Å²) in [5.41, 5.74) is 2.19. The van der Waals surface area contributed by atoms with Crippen molar-refractivity contribution in [2.75, 3.05) is 13.6 Å². The van der Waals surface area contributed by atoms with Gasteiger partial charge in [-0.2, -0.15) is 13.2 Å². The Bertz CT molecular complexity index is 1070. The number of amidine groups is 1. The predicted octanol–water partition coefficient (Wildman–Crippen LogP) is 5.18. The molecule has 3 heterocycles. The molecular weight excluding hydrogens is 403 g/mol. The number of hydrogen-bond donors (Lipinski definition) is 1. The molecule has 0 bridgehead atoms. The highest BCUT2D eigenvalue weighted by molar-refractivity contribution is 6.02. The van der Waals surface area contributed by atoms with Crippen LogP contribution in [0, 0.1) is 6.92 Å². The molecule has 0 unspecified atom stereocenters. The van der Waals surface area contributed by atoms with E-state index in [0.717, 1.165) is 53.4 Å². The first kappa shape index (κ1) is 22.3. The first-order valence-corrected chi connectivity index (χ1v) is 9.84. The molecular formula is C23H24F3N5. The molecule has 0 aliphatic carbocycles. The molecule has 8 heteroatoms. The zero-order valence-corrected chi connectivity index (χ0v) is 17.7. The minimum Gasteiger partial charge on any atom is -0.341 e. The van der Waals surface area contributed by atoms with Gasteiger partial charge >= 0.3 is 6.18 Å². The number of likely N-dealkylation sites (N-methyl/N-ethyl adjacent to an activating group) is 1. The van der Waals surface area contributed by atoms with Crippen LogP contribution in [0.2, 0.25) is 0 Å². The van der Waals surface area contributed by atoms with Crippen molar-refractivity contribution >= 4 is 11.5 Å². The molecule has 0 aromatic carbocycles. The van der Waals surface area contributed by atoms with Crippen molar-refractivity contribution in [2.24, 2.45) is 4.99 Å². The van der Waals surface area contributed by atoms with Crippen LogP contribution in [0.1, 0.15) is 30.2 Å². The monoisotopic (exact) mass is 427 g/mol. The number of nitrogens with zero attached hydrogens (tertiary/aromatic N) is 4. The lowest BCUT2D eigenvalue weighted by molar-refractivity contribution is -0.137. The van der Waals surface area contributed by atoms with Crippen molar-refractivity contribution in [1.29, 1.82) is 0 Å². The summed E-state index contributed by atoms with van der Waals surface area (Å²) in [7, 11) is 1.90. The van der Waals surface area contributed by atoms with Crippen molar-refractivity contribution in [3.8, 4) is 11.3 Å². The maximum absolute atomic E-state index is 13.1. The average Bonchev–Trinajstić information content (AvgIpc) is 2.74. The standard InChI is InChI=1S/C23H24F3N5/c1-5-7-21-30-20(13-22(31(21)4)28-9-6-2)18-11-16(14-29-15(18)3)19-12-17(8-10-27-19)23(24,25)26/h5,7-8,10-14,30H,1,6,9H2,2-4H3/b21-7-,28-22?. The lowest BCUT2D eigenvalue weighted by atomic mass is 10.0. The Morgan fingerprint density at radius 1 is 1.26 bits per heavy atom. The van der Waals surface area contributed by atoms with Crippen molar-refractivity contribution in [2.45, 2.75) is 26.4 Å². The van der Waals surface area contributed by atoms with Crippen LogP contribution >= 0.6 is 0 Å². The number of hydrogen-bond acceptors (Lipinski definition) is 4. The van der Waals surface area contributed by atoms with Crippen LogP contribution in [0.15, 0.2) is 66.2 Å². The Labute approximate surface area is 179 Å². The lowest BCUT2D eigenvalue weighted by Crippen LogP contribution is -2.37. The molecule has 0 spiro atoms. The molecule has 0 saturated carbocycles. The van der Waals surface area contributed by atoms with Gasteiger partial charge in [0.2, 0.25) is 0 Å². The highest BCUT2D eigenvalue weighted by Gasteiger charge is 2.31. The third-order valence-corrected chi connectivity index (χ3v) is 4.77. The number of halogens is 3. The minimum absolute atomic E-state index is 0.207. The van der Waals surface area contributed by atoms with Crippen LogP contribution < -0.4 is 5.32 Å². The maximum Gasteiger partial charge on any atom is 0.416 e. The quantitative estimate of drug-likeness (QED) is 0.714. The van der Waals surface area contributed by atoms with E-state index in [0.29, 0.717) is 12.1 Å². The van der Waals surface area contributed by atoms with Gasteiger partial charge in [-0.25, -0.2) is 0 Å². The van der Waals surface area contributed by atoms with E-state index in [-0.39, 0.29) is 5.69 Å². The second-order valence-corrected chi connectivity index (χ2v) is 7.05. The molecule has 2 aromatic rings. The summed E-state index contributed by atoms with van der Waals surface area (Å²) in [6.07, 6.45) is 4.57. The van der Waals surface area contributed by atoms with E-state index in [1.54, 1.807) is 12.1 Å². The number of aromatic nitrogens is 2. The Kier molecular flexibility index (Phi) is 6.58. The fraction of sp³-hybridized carbons (Fsp3) is 0.261. The van der Waals surface area contributed by atoms with Gasteiger partial charge in [-0.05, 0) is 37.6 Å². The molecule has 3 rings (SSSR count). The van der Waals surface area contributed by atoms with Gasteiger partial charge in [0, 0.05) is 48.9 Å². The molecule has 1 aliphatic heterocycles. The molecule has 162 valence electrons. The van der Waals surface area contributed by atoms with E-state index in [9.17, 15) is 13.2 Å². The van der Waals surface area contributed by atoms with Crippen LogP contribution in [0.4, 0.5) is 13.2 Å². The zero-order chi connectivity index (χ0) is 22.6. The summed E-state index contributed by atoms with van der Waals surface area (Å²) < 4.78 is 39.4. The number of nitrogens with one attached hydrogen (secondary N) is 1. The largest absolute Gasteiger partial charge is 0.416 e. The van der Waals surface area contributed by atoms with E-state index in [2.05, 4.69) is 33.8 Å². The zero-order valence-electron chi connectivity index (χ0n) is 17.7. The van der Waals surface area contributed by atoms with Crippen LogP contribution in [-0.2, 0) is 6.18 Å². The SMILES string of the molecule is C=C/C=C1/NC(c2cc(-c3cc(C(F)(F)F)ccn3)cnc2C)=CC(=NCCC)N1C.